The van der Waals surface area contributed by atoms with Gasteiger partial charge in [0.15, 0.2) is 6.73 Å². The molecule has 0 aliphatic carbocycles. The van der Waals surface area contributed by atoms with E-state index in [1.807, 2.05) is 12.1 Å². The number of hydrogen-bond donors (Lipinski definition) is 2. The van der Waals surface area contributed by atoms with Gasteiger partial charge in [-0.2, -0.15) is 4.98 Å². The van der Waals surface area contributed by atoms with Crippen LogP contribution in [0.5, 0.6) is 5.75 Å². The first-order valence-electron chi connectivity index (χ1n) is 11.0. The van der Waals surface area contributed by atoms with Crippen LogP contribution in [0.25, 0.3) is 10.9 Å². The van der Waals surface area contributed by atoms with E-state index < -0.39 is 0 Å². The Balaban J connectivity index is 1.53. The highest BCUT2D eigenvalue weighted by molar-refractivity contribution is 5.93. The molecule has 3 aliphatic heterocycles. The average Bonchev–Trinajstić information content (AvgIpc) is 3.56. The Morgan fingerprint density at radius 2 is 1.94 bits per heavy atom. The van der Waals surface area contributed by atoms with Crippen LogP contribution in [-0.2, 0) is 4.74 Å². The molecule has 0 amide bonds. The van der Waals surface area contributed by atoms with Crippen molar-refractivity contribution in [2.45, 2.75) is 25.7 Å². The monoisotopic (exact) mass is 420 g/mol. The molecule has 4 heterocycles. The van der Waals surface area contributed by atoms with Crippen LogP contribution in [-0.4, -0.2) is 61.4 Å². The minimum Gasteiger partial charge on any atom is -0.495 e. The van der Waals surface area contributed by atoms with E-state index in [1.165, 1.54) is 25.7 Å². The predicted molar refractivity (Wildman–Crippen MR) is 121 cm³/mol. The van der Waals surface area contributed by atoms with Crippen LogP contribution in [0, 0.1) is 11.8 Å². The lowest BCUT2D eigenvalue weighted by atomic mass is 10.1. The van der Waals surface area contributed by atoms with Crippen molar-refractivity contribution in [1.29, 1.82) is 0 Å². The maximum absolute atomic E-state index is 5.67. The molecule has 0 radical (unpaired) electrons. The molecular weight excluding hydrogens is 392 g/mol. The minimum absolute atomic E-state index is 0.449. The van der Waals surface area contributed by atoms with Crippen molar-refractivity contribution in [3.05, 3.63) is 29.8 Å². The molecule has 0 bridgehead atoms. The number of methoxy groups -OCH3 is 1. The Morgan fingerprint density at radius 1 is 1.13 bits per heavy atom. The molecule has 8 heteroatoms. The van der Waals surface area contributed by atoms with Crippen molar-refractivity contribution in [2.24, 2.45) is 0 Å². The Hall–Kier alpha value is -3.18. The summed E-state index contributed by atoms with van der Waals surface area (Å²) in [6, 6.07) is 3.99. The standard InChI is InChI=1S/C23H28N6O2/c1-30-20-14-18-19(13-17(20)7-6-10-28-8-2-3-9-28)25-23(29-11-4-5-12-29)27-22(18)26-21-15-31-16-24-21/h13-15,24H,2-5,8-12,16H2,1H3,(H,25,26,27). The van der Waals surface area contributed by atoms with Crippen LogP contribution in [0.15, 0.2) is 24.2 Å². The quantitative estimate of drug-likeness (QED) is 0.715. The van der Waals surface area contributed by atoms with Crippen LogP contribution >= 0.6 is 0 Å². The van der Waals surface area contributed by atoms with Crippen LogP contribution in [0.2, 0.25) is 0 Å². The van der Waals surface area contributed by atoms with Gasteiger partial charge in [-0.1, -0.05) is 11.8 Å². The third kappa shape index (κ3) is 4.32. The second kappa shape index (κ2) is 8.90. The second-order valence-corrected chi connectivity index (χ2v) is 8.07. The Morgan fingerprint density at radius 3 is 2.68 bits per heavy atom. The van der Waals surface area contributed by atoms with Crippen molar-refractivity contribution in [3.8, 4) is 17.6 Å². The molecule has 2 aromatic rings. The van der Waals surface area contributed by atoms with E-state index in [-0.39, 0.29) is 0 Å². The molecular formula is C23H28N6O2. The van der Waals surface area contributed by atoms with E-state index in [0.717, 1.165) is 72.5 Å². The number of likely N-dealkylation sites (tertiary alicyclic amines) is 1. The van der Waals surface area contributed by atoms with Gasteiger partial charge < -0.3 is 25.0 Å². The highest BCUT2D eigenvalue weighted by Gasteiger charge is 2.20. The lowest BCUT2D eigenvalue weighted by Gasteiger charge is -2.18. The molecule has 2 fully saturated rings. The normalized spacial score (nSPS) is 18.4. The van der Waals surface area contributed by atoms with Crippen LogP contribution in [0.4, 0.5) is 11.8 Å². The molecule has 0 unspecified atom stereocenters. The number of ether oxygens (including phenoxy) is 2. The highest BCUT2D eigenvalue weighted by Crippen LogP contribution is 2.31. The fourth-order valence-corrected chi connectivity index (χ4v) is 4.24. The van der Waals surface area contributed by atoms with E-state index in [0.29, 0.717) is 6.73 Å². The van der Waals surface area contributed by atoms with Gasteiger partial charge in [0, 0.05) is 18.5 Å². The Labute approximate surface area is 182 Å². The second-order valence-electron chi connectivity index (χ2n) is 8.07. The predicted octanol–water partition coefficient (Wildman–Crippen LogP) is 2.47. The summed E-state index contributed by atoms with van der Waals surface area (Å²) < 4.78 is 11.0. The fraction of sp³-hybridized carbons (Fsp3) is 0.478. The van der Waals surface area contributed by atoms with E-state index in [2.05, 4.69) is 32.3 Å². The van der Waals surface area contributed by atoms with E-state index in [1.54, 1.807) is 13.4 Å². The summed E-state index contributed by atoms with van der Waals surface area (Å²) in [6.07, 6.45) is 6.53. The maximum atomic E-state index is 5.67. The van der Waals surface area contributed by atoms with Gasteiger partial charge in [0.2, 0.25) is 5.95 Å². The third-order valence-electron chi connectivity index (χ3n) is 5.92. The molecule has 0 atom stereocenters. The van der Waals surface area contributed by atoms with Gasteiger partial charge in [0.25, 0.3) is 0 Å². The molecule has 2 N–H and O–H groups in total. The first-order valence-corrected chi connectivity index (χ1v) is 11.0. The number of nitrogens with one attached hydrogen (secondary N) is 2. The van der Waals surface area contributed by atoms with Crippen LogP contribution < -0.4 is 20.3 Å². The van der Waals surface area contributed by atoms with Crippen molar-refractivity contribution in [1.82, 2.24) is 20.2 Å². The van der Waals surface area contributed by atoms with E-state index in [4.69, 9.17) is 19.4 Å². The van der Waals surface area contributed by atoms with E-state index >= 15 is 0 Å². The summed E-state index contributed by atoms with van der Waals surface area (Å²) in [6.45, 7) is 5.47. The molecule has 0 saturated carbocycles. The molecule has 31 heavy (non-hydrogen) atoms. The van der Waals surface area contributed by atoms with Crippen molar-refractivity contribution in [2.75, 3.05) is 56.8 Å². The zero-order valence-corrected chi connectivity index (χ0v) is 17.9. The first kappa shape index (κ1) is 19.8. The highest BCUT2D eigenvalue weighted by atomic mass is 16.5. The average molecular weight is 421 g/mol. The molecule has 1 aromatic heterocycles. The SMILES string of the molecule is COc1cc2c(NC3=COCN3)nc(N3CCCC3)nc2cc1C#CCN1CCCC1. The largest absolute Gasteiger partial charge is 0.495 e. The zero-order chi connectivity index (χ0) is 21.0. The molecule has 3 aliphatic rings. The summed E-state index contributed by atoms with van der Waals surface area (Å²) in [5, 5.41) is 7.39. The Kier molecular flexibility index (Phi) is 5.67. The number of rotatable bonds is 5. The van der Waals surface area contributed by atoms with E-state index in [9.17, 15) is 0 Å². The van der Waals surface area contributed by atoms with Crippen molar-refractivity contribution < 1.29 is 9.47 Å². The summed E-state index contributed by atoms with van der Waals surface area (Å²) in [5.41, 5.74) is 1.71. The van der Waals surface area contributed by atoms with Crippen molar-refractivity contribution >= 4 is 22.7 Å². The van der Waals surface area contributed by atoms with Crippen LogP contribution in [0.1, 0.15) is 31.2 Å². The third-order valence-corrected chi connectivity index (χ3v) is 5.92. The lowest BCUT2D eigenvalue weighted by Crippen LogP contribution is -2.22. The fourth-order valence-electron chi connectivity index (χ4n) is 4.24. The topological polar surface area (TPSA) is 74.8 Å². The molecule has 162 valence electrons. The summed E-state index contributed by atoms with van der Waals surface area (Å²) in [5.74, 6) is 9.61. The first-order chi connectivity index (χ1) is 15.3. The van der Waals surface area contributed by atoms with Gasteiger partial charge in [0.05, 0.1) is 24.7 Å². The summed E-state index contributed by atoms with van der Waals surface area (Å²) in [4.78, 5) is 14.3. The summed E-state index contributed by atoms with van der Waals surface area (Å²) >= 11 is 0. The number of anilines is 2. The van der Waals surface area contributed by atoms with Gasteiger partial charge in [0.1, 0.15) is 23.7 Å². The number of benzene rings is 1. The van der Waals surface area contributed by atoms with Gasteiger partial charge >= 0.3 is 0 Å². The van der Waals surface area contributed by atoms with Gasteiger partial charge in [-0.25, -0.2) is 4.98 Å². The number of hydrogen-bond acceptors (Lipinski definition) is 8. The van der Waals surface area contributed by atoms with Gasteiger partial charge in [-0.3, -0.25) is 4.90 Å². The minimum atomic E-state index is 0.449. The van der Waals surface area contributed by atoms with Crippen molar-refractivity contribution in [3.63, 3.8) is 0 Å². The number of fused-ring (bicyclic) bond motifs is 1. The Bertz CT molecular complexity index is 1050. The molecule has 1 aromatic carbocycles. The van der Waals surface area contributed by atoms with Gasteiger partial charge in [-0.05, 0) is 50.9 Å². The number of aromatic nitrogens is 2. The molecule has 8 nitrogen and oxygen atoms in total. The molecule has 5 rings (SSSR count). The molecule has 0 spiro atoms. The number of nitrogens with zero attached hydrogens (tertiary/aromatic N) is 4. The summed E-state index contributed by atoms with van der Waals surface area (Å²) in [7, 11) is 1.67. The van der Waals surface area contributed by atoms with Gasteiger partial charge in [-0.15, -0.1) is 0 Å². The molecule has 2 saturated heterocycles. The smallest absolute Gasteiger partial charge is 0.227 e. The zero-order valence-electron chi connectivity index (χ0n) is 17.9. The maximum Gasteiger partial charge on any atom is 0.227 e. The lowest BCUT2D eigenvalue weighted by molar-refractivity contribution is 0.267. The van der Waals surface area contributed by atoms with Crippen LogP contribution in [0.3, 0.4) is 0 Å².